The average Bonchev–Trinajstić information content (AvgIpc) is 2.53. The van der Waals surface area contributed by atoms with Crippen LogP contribution in [0.3, 0.4) is 0 Å². The molecule has 0 saturated carbocycles. The van der Waals surface area contributed by atoms with E-state index in [0.717, 1.165) is 11.1 Å². The summed E-state index contributed by atoms with van der Waals surface area (Å²) in [4.78, 5) is 12.2. The molecule has 0 aromatic heterocycles. The summed E-state index contributed by atoms with van der Waals surface area (Å²) in [5.74, 6) is 0.0214. The fourth-order valence-electron chi connectivity index (χ4n) is 2.42. The summed E-state index contributed by atoms with van der Waals surface area (Å²) in [6, 6.07) is 19.7. The second-order valence-corrected chi connectivity index (χ2v) is 4.98. The number of benzene rings is 2. The second-order valence-electron chi connectivity index (χ2n) is 4.61. The lowest BCUT2D eigenvalue weighted by Crippen LogP contribution is -2.23. The van der Waals surface area contributed by atoms with Gasteiger partial charge in [0.05, 0.1) is 13.0 Å². The van der Waals surface area contributed by atoms with Gasteiger partial charge in [0.1, 0.15) is 0 Å². The van der Waals surface area contributed by atoms with Crippen LogP contribution in [0.25, 0.3) is 0 Å². The lowest BCUT2D eigenvalue weighted by molar-refractivity contribution is -0.142. The average molecular weight is 286 g/mol. The first-order chi connectivity index (χ1) is 9.77. The van der Waals surface area contributed by atoms with Crippen LogP contribution in [-0.2, 0) is 9.53 Å². The van der Waals surface area contributed by atoms with E-state index in [0.29, 0.717) is 5.75 Å². The Bertz CT molecular complexity index is 539. The highest BCUT2D eigenvalue weighted by atomic mass is 32.1. The molecule has 0 fully saturated rings. The maximum Gasteiger partial charge on any atom is 0.313 e. The summed E-state index contributed by atoms with van der Waals surface area (Å²) < 4.78 is 5.00. The van der Waals surface area contributed by atoms with Crippen LogP contribution >= 0.6 is 12.6 Å². The molecule has 2 atom stereocenters. The Hall–Kier alpha value is -1.74. The molecule has 0 aliphatic carbocycles. The van der Waals surface area contributed by atoms with Gasteiger partial charge >= 0.3 is 5.97 Å². The summed E-state index contributed by atoms with van der Waals surface area (Å²) in [6.07, 6.45) is 0. The number of hydrogen-bond donors (Lipinski definition) is 1. The van der Waals surface area contributed by atoms with E-state index in [2.05, 4.69) is 12.6 Å². The molecule has 0 saturated heterocycles. The Balaban J connectivity index is 2.42. The SMILES string of the molecule is COC(=O)C(c1ccccc1)C(CS)c1ccccc1. The first kappa shape index (κ1) is 14.7. The van der Waals surface area contributed by atoms with Crippen LogP contribution in [0.5, 0.6) is 0 Å². The predicted octanol–water partition coefficient (Wildman–Crippen LogP) is 3.66. The third kappa shape index (κ3) is 3.23. The summed E-state index contributed by atoms with van der Waals surface area (Å²) in [5.41, 5.74) is 2.06. The van der Waals surface area contributed by atoms with E-state index in [-0.39, 0.29) is 17.8 Å². The molecule has 20 heavy (non-hydrogen) atoms. The van der Waals surface area contributed by atoms with E-state index < -0.39 is 0 Å². The van der Waals surface area contributed by atoms with Crippen LogP contribution in [0.2, 0.25) is 0 Å². The molecule has 0 aliphatic heterocycles. The smallest absolute Gasteiger partial charge is 0.313 e. The number of ether oxygens (including phenoxy) is 1. The van der Waals surface area contributed by atoms with Crippen LogP contribution in [0.4, 0.5) is 0 Å². The molecule has 2 rings (SSSR count). The minimum Gasteiger partial charge on any atom is -0.469 e. The Kier molecular flexibility index (Phi) is 5.24. The molecule has 104 valence electrons. The number of hydrogen-bond acceptors (Lipinski definition) is 3. The number of esters is 1. The van der Waals surface area contributed by atoms with Gasteiger partial charge in [0.25, 0.3) is 0 Å². The maximum atomic E-state index is 12.2. The molecule has 0 amide bonds. The second kappa shape index (κ2) is 7.15. The van der Waals surface area contributed by atoms with E-state index in [4.69, 9.17) is 4.74 Å². The molecule has 2 aromatic carbocycles. The van der Waals surface area contributed by atoms with Crippen molar-refractivity contribution in [2.75, 3.05) is 12.9 Å². The van der Waals surface area contributed by atoms with Crippen molar-refractivity contribution in [3.63, 3.8) is 0 Å². The fraction of sp³-hybridized carbons (Fsp3) is 0.235. The number of carbonyl (C=O) groups excluding carboxylic acids is 1. The van der Waals surface area contributed by atoms with Crippen molar-refractivity contribution in [1.82, 2.24) is 0 Å². The largest absolute Gasteiger partial charge is 0.469 e. The standard InChI is InChI=1S/C17H18O2S/c1-19-17(18)16(14-10-6-3-7-11-14)15(12-20)13-8-4-2-5-9-13/h2-11,15-16,20H,12H2,1H3. The van der Waals surface area contributed by atoms with Crippen molar-refractivity contribution in [3.05, 3.63) is 71.8 Å². The van der Waals surface area contributed by atoms with Gasteiger partial charge in [0, 0.05) is 5.92 Å². The zero-order valence-corrected chi connectivity index (χ0v) is 12.3. The van der Waals surface area contributed by atoms with Crippen LogP contribution in [-0.4, -0.2) is 18.8 Å². The van der Waals surface area contributed by atoms with E-state index in [1.165, 1.54) is 7.11 Å². The minimum absolute atomic E-state index is 0.00520. The predicted molar refractivity (Wildman–Crippen MR) is 84.2 cm³/mol. The zero-order valence-electron chi connectivity index (χ0n) is 11.4. The van der Waals surface area contributed by atoms with Gasteiger partial charge in [-0.3, -0.25) is 4.79 Å². The van der Waals surface area contributed by atoms with E-state index >= 15 is 0 Å². The topological polar surface area (TPSA) is 26.3 Å². The van der Waals surface area contributed by atoms with Crippen molar-refractivity contribution in [2.24, 2.45) is 0 Å². The minimum atomic E-state index is -0.332. The highest BCUT2D eigenvalue weighted by molar-refractivity contribution is 7.80. The van der Waals surface area contributed by atoms with Crippen molar-refractivity contribution < 1.29 is 9.53 Å². The van der Waals surface area contributed by atoms with Gasteiger partial charge in [-0.15, -0.1) is 0 Å². The third-order valence-electron chi connectivity index (χ3n) is 3.44. The lowest BCUT2D eigenvalue weighted by Gasteiger charge is -2.24. The van der Waals surface area contributed by atoms with Gasteiger partial charge in [0.15, 0.2) is 0 Å². The Morgan fingerprint density at radius 3 is 1.95 bits per heavy atom. The number of methoxy groups -OCH3 is 1. The van der Waals surface area contributed by atoms with Crippen LogP contribution in [0, 0.1) is 0 Å². The molecule has 0 bridgehead atoms. The number of carbonyl (C=O) groups is 1. The fourth-order valence-corrected chi connectivity index (χ4v) is 2.85. The molecule has 2 aromatic rings. The highest BCUT2D eigenvalue weighted by Gasteiger charge is 2.30. The van der Waals surface area contributed by atoms with E-state index in [1.54, 1.807) is 0 Å². The van der Waals surface area contributed by atoms with Crippen LogP contribution in [0.1, 0.15) is 23.0 Å². The monoisotopic (exact) mass is 286 g/mol. The third-order valence-corrected chi connectivity index (χ3v) is 3.83. The van der Waals surface area contributed by atoms with Gasteiger partial charge in [-0.2, -0.15) is 12.6 Å². The normalized spacial score (nSPS) is 13.5. The molecule has 0 aliphatic rings. The molecule has 0 heterocycles. The Morgan fingerprint density at radius 2 is 1.50 bits per heavy atom. The van der Waals surface area contributed by atoms with E-state index in [9.17, 15) is 4.79 Å². The zero-order chi connectivity index (χ0) is 14.4. The molecule has 2 nitrogen and oxygen atoms in total. The van der Waals surface area contributed by atoms with Crippen molar-refractivity contribution >= 4 is 18.6 Å². The molecule has 2 unspecified atom stereocenters. The maximum absolute atomic E-state index is 12.2. The first-order valence-electron chi connectivity index (χ1n) is 6.56. The molecular weight excluding hydrogens is 268 g/mol. The lowest BCUT2D eigenvalue weighted by atomic mass is 9.82. The molecule has 0 radical (unpaired) electrons. The molecule has 0 N–H and O–H groups in total. The number of thiol groups is 1. The molecule has 3 heteroatoms. The first-order valence-corrected chi connectivity index (χ1v) is 7.19. The van der Waals surface area contributed by atoms with Gasteiger partial charge < -0.3 is 4.74 Å². The van der Waals surface area contributed by atoms with Gasteiger partial charge in [0.2, 0.25) is 0 Å². The summed E-state index contributed by atoms with van der Waals surface area (Å²) in [5, 5.41) is 0. The van der Waals surface area contributed by atoms with Crippen LogP contribution < -0.4 is 0 Å². The summed E-state index contributed by atoms with van der Waals surface area (Å²) in [7, 11) is 1.43. The molecule has 0 spiro atoms. The highest BCUT2D eigenvalue weighted by Crippen LogP contribution is 2.34. The van der Waals surface area contributed by atoms with Gasteiger partial charge in [-0.1, -0.05) is 60.7 Å². The van der Waals surface area contributed by atoms with Crippen LogP contribution in [0.15, 0.2) is 60.7 Å². The Labute approximate surface area is 125 Å². The molecular formula is C17H18O2S. The van der Waals surface area contributed by atoms with Gasteiger partial charge in [-0.05, 0) is 16.9 Å². The van der Waals surface area contributed by atoms with Crippen molar-refractivity contribution in [3.8, 4) is 0 Å². The summed E-state index contributed by atoms with van der Waals surface area (Å²) >= 11 is 4.44. The van der Waals surface area contributed by atoms with Crippen molar-refractivity contribution in [1.29, 1.82) is 0 Å². The van der Waals surface area contributed by atoms with Crippen molar-refractivity contribution in [2.45, 2.75) is 11.8 Å². The Morgan fingerprint density at radius 1 is 1.00 bits per heavy atom. The quantitative estimate of drug-likeness (QED) is 0.670. The van der Waals surface area contributed by atoms with Gasteiger partial charge in [-0.25, -0.2) is 0 Å². The van der Waals surface area contributed by atoms with E-state index in [1.807, 2.05) is 60.7 Å². The number of rotatable bonds is 5. The summed E-state index contributed by atoms with van der Waals surface area (Å²) in [6.45, 7) is 0.